The summed E-state index contributed by atoms with van der Waals surface area (Å²) in [5, 5.41) is 6.33. The Labute approximate surface area is 97.1 Å². The molecule has 3 unspecified atom stereocenters. The maximum absolute atomic E-state index is 12.0. The van der Waals surface area contributed by atoms with Crippen LogP contribution in [0.1, 0.15) is 33.1 Å². The van der Waals surface area contributed by atoms with Crippen LogP contribution in [0, 0.1) is 5.92 Å². The summed E-state index contributed by atoms with van der Waals surface area (Å²) in [6, 6.07) is 0. The van der Waals surface area contributed by atoms with Gasteiger partial charge in [0.15, 0.2) is 0 Å². The van der Waals surface area contributed by atoms with Gasteiger partial charge in [-0.15, -0.1) is 0 Å². The van der Waals surface area contributed by atoms with Crippen molar-refractivity contribution in [3.05, 3.63) is 0 Å². The summed E-state index contributed by atoms with van der Waals surface area (Å²) in [7, 11) is 0. The van der Waals surface area contributed by atoms with Crippen LogP contribution in [-0.2, 0) is 9.53 Å². The van der Waals surface area contributed by atoms with Gasteiger partial charge in [0, 0.05) is 19.1 Å². The fraction of sp³-hybridized carbons (Fsp3) is 0.917. The van der Waals surface area contributed by atoms with Crippen molar-refractivity contribution >= 4 is 5.91 Å². The van der Waals surface area contributed by atoms with Crippen LogP contribution in [0.4, 0.5) is 0 Å². The normalized spacial score (nSPS) is 38.9. The van der Waals surface area contributed by atoms with Crippen molar-refractivity contribution in [3.8, 4) is 0 Å². The molecule has 0 aromatic heterocycles. The molecular formula is C12H22N2O2. The lowest BCUT2D eigenvalue weighted by Gasteiger charge is -2.24. The van der Waals surface area contributed by atoms with E-state index in [-0.39, 0.29) is 17.6 Å². The molecule has 3 atom stereocenters. The van der Waals surface area contributed by atoms with E-state index in [1.807, 2.05) is 6.92 Å². The van der Waals surface area contributed by atoms with Crippen molar-refractivity contribution in [2.24, 2.45) is 5.92 Å². The van der Waals surface area contributed by atoms with Gasteiger partial charge in [0.25, 0.3) is 0 Å². The highest BCUT2D eigenvalue weighted by atomic mass is 16.5. The van der Waals surface area contributed by atoms with Crippen LogP contribution >= 0.6 is 0 Å². The van der Waals surface area contributed by atoms with Crippen molar-refractivity contribution in [2.75, 3.05) is 19.7 Å². The van der Waals surface area contributed by atoms with E-state index in [9.17, 15) is 4.79 Å². The van der Waals surface area contributed by atoms with Gasteiger partial charge in [-0.2, -0.15) is 0 Å². The van der Waals surface area contributed by atoms with Gasteiger partial charge < -0.3 is 15.4 Å². The Kier molecular flexibility index (Phi) is 3.50. The lowest BCUT2D eigenvalue weighted by atomic mass is 9.98. The fourth-order valence-corrected chi connectivity index (χ4v) is 2.55. The van der Waals surface area contributed by atoms with Crippen molar-refractivity contribution in [3.63, 3.8) is 0 Å². The second-order valence-corrected chi connectivity index (χ2v) is 5.20. The Hall–Kier alpha value is -0.610. The Bertz CT molecular complexity index is 262. The van der Waals surface area contributed by atoms with Crippen molar-refractivity contribution in [2.45, 2.75) is 44.8 Å². The molecular weight excluding hydrogens is 204 g/mol. The van der Waals surface area contributed by atoms with Gasteiger partial charge in [-0.25, -0.2) is 0 Å². The number of carbonyl (C=O) groups is 1. The number of amides is 1. The van der Waals surface area contributed by atoms with E-state index in [1.54, 1.807) is 0 Å². The lowest BCUT2D eigenvalue weighted by molar-refractivity contribution is -0.126. The molecule has 2 N–H and O–H groups in total. The molecule has 2 aliphatic rings. The number of hydrogen-bond acceptors (Lipinski definition) is 3. The van der Waals surface area contributed by atoms with Gasteiger partial charge in [0.05, 0.1) is 11.6 Å². The molecule has 2 aliphatic heterocycles. The molecule has 0 bridgehead atoms. The maximum atomic E-state index is 12.0. The molecule has 2 fully saturated rings. The quantitative estimate of drug-likeness (QED) is 0.743. The van der Waals surface area contributed by atoms with E-state index in [4.69, 9.17) is 4.74 Å². The maximum Gasteiger partial charge on any atom is 0.240 e. The topological polar surface area (TPSA) is 50.4 Å². The molecule has 2 saturated heterocycles. The summed E-state index contributed by atoms with van der Waals surface area (Å²) in [6.45, 7) is 6.60. The summed E-state index contributed by atoms with van der Waals surface area (Å²) in [5.74, 6) is 0.623. The minimum Gasteiger partial charge on any atom is -0.378 e. The molecule has 0 saturated carbocycles. The zero-order valence-electron chi connectivity index (χ0n) is 10.2. The first-order chi connectivity index (χ1) is 7.62. The van der Waals surface area contributed by atoms with Crippen molar-refractivity contribution in [1.29, 1.82) is 0 Å². The molecule has 0 radical (unpaired) electrons. The van der Waals surface area contributed by atoms with Crippen molar-refractivity contribution < 1.29 is 9.53 Å². The predicted octanol–water partition coefficient (Wildman–Crippen LogP) is 0.670. The second-order valence-electron chi connectivity index (χ2n) is 5.20. The minimum atomic E-state index is -0.345. The molecule has 0 aliphatic carbocycles. The van der Waals surface area contributed by atoms with E-state index in [2.05, 4.69) is 17.6 Å². The van der Waals surface area contributed by atoms with Crippen LogP contribution in [0.3, 0.4) is 0 Å². The first kappa shape index (κ1) is 11.9. The van der Waals surface area contributed by atoms with Crippen LogP contribution in [0.25, 0.3) is 0 Å². The number of hydrogen-bond donors (Lipinski definition) is 2. The van der Waals surface area contributed by atoms with E-state index < -0.39 is 0 Å². The Morgan fingerprint density at radius 1 is 1.62 bits per heavy atom. The second kappa shape index (κ2) is 4.72. The van der Waals surface area contributed by atoms with Crippen LogP contribution in [0.2, 0.25) is 0 Å². The Morgan fingerprint density at radius 2 is 2.44 bits per heavy atom. The molecule has 2 rings (SSSR count). The van der Waals surface area contributed by atoms with Crippen LogP contribution < -0.4 is 10.6 Å². The number of ether oxygens (including phenoxy) is 1. The molecule has 2 heterocycles. The van der Waals surface area contributed by atoms with E-state index in [0.29, 0.717) is 5.92 Å². The van der Waals surface area contributed by atoms with Gasteiger partial charge in [0.2, 0.25) is 5.91 Å². The molecule has 4 nitrogen and oxygen atoms in total. The Morgan fingerprint density at radius 3 is 3.00 bits per heavy atom. The minimum absolute atomic E-state index is 0.143. The zero-order chi connectivity index (χ0) is 11.6. The van der Waals surface area contributed by atoms with Gasteiger partial charge >= 0.3 is 0 Å². The summed E-state index contributed by atoms with van der Waals surface area (Å²) in [6.07, 6.45) is 3.37. The van der Waals surface area contributed by atoms with Gasteiger partial charge in [-0.3, -0.25) is 4.79 Å². The highest BCUT2D eigenvalue weighted by Crippen LogP contribution is 2.21. The van der Waals surface area contributed by atoms with Crippen LogP contribution in [0.15, 0.2) is 0 Å². The van der Waals surface area contributed by atoms with Crippen LogP contribution in [-0.4, -0.2) is 37.2 Å². The highest BCUT2D eigenvalue weighted by Gasteiger charge is 2.36. The van der Waals surface area contributed by atoms with Gasteiger partial charge in [0.1, 0.15) is 0 Å². The first-order valence-electron chi connectivity index (χ1n) is 6.27. The smallest absolute Gasteiger partial charge is 0.240 e. The largest absolute Gasteiger partial charge is 0.378 e. The Balaban J connectivity index is 1.79. The van der Waals surface area contributed by atoms with Gasteiger partial charge in [-0.1, -0.05) is 0 Å². The average Bonchev–Trinajstić information content (AvgIpc) is 2.85. The SMILES string of the molecule is CC1OCCC1CNC(=O)C1(C)CCCN1. The van der Waals surface area contributed by atoms with E-state index in [1.165, 1.54) is 0 Å². The average molecular weight is 226 g/mol. The molecule has 16 heavy (non-hydrogen) atoms. The first-order valence-corrected chi connectivity index (χ1v) is 6.27. The third-order valence-electron chi connectivity index (χ3n) is 3.93. The molecule has 0 spiro atoms. The standard InChI is InChI=1S/C12H22N2O2/c1-9-10(4-7-16-9)8-13-11(15)12(2)5-3-6-14-12/h9-10,14H,3-8H2,1-2H3,(H,13,15). The predicted molar refractivity (Wildman–Crippen MR) is 62.2 cm³/mol. The number of carbonyl (C=O) groups excluding carboxylic acids is 1. The summed E-state index contributed by atoms with van der Waals surface area (Å²) < 4.78 is 5.48. The molecule has 0 aromatic carbocycles. The molecule has 1 amide bonds. The number of nitrogens with one attached hydrogen (secondary N) is 2. The monoisotopic (exact) mass is 226 g/mol. The summed E-state index contributed by atoms with van der Waals surface area (Å²) in [4.78, 5) is 12.0. The third-order valence-corrected chi connectivity index (χ3v) is 3.93. The lowest BCUT2D eigenvalue weighted by Crippen LogP contribution is -2.52. The molecule has 0 aromatic rings. The third kappa shape index (κ3) is 2.38. The highest BCUT2D eigenvalue weighted by molar-refractivity contribution is 5.86. The summed E-state index contributed by atoms with van der Waals surface area (Å²) >= 11 is 0. The summed E-state index contributed by atoms with van der Waals surface area (Å²) in [5.41, 5.74) is -0.345. The van der Waals surface area contributed by atoms with E-state index in [0.717, 1.165) is 39.0 Å². The van der Waals surface area contributed by atoms with Crippen LogP contribution in [0.5, 0.6) is 0 Å². The van der Waals surface area contributed by atoms with Gasteiger partial charge in [-0.05, 0) is 39.7 Å². The molecule has 4 heteroatoms. The zero-order valence-corrected chi connectivity index (χ0v) is 10.2. The van der Waals surface area contributed by atoms with E-state index >= 15 is 0 Å². The fourth-order valence-electron chi connectivity index (χ4n) is 2.55. The number of rotatable bonds is 3. The van der Waals surface area contributed by atoms with Crippen molar-refractivity contribution in [1.82, 2.24) is 10.6 Å². The molecule has 92 valence electrons.